The number of carboxylic acid groups (broad SMARTS) is 1. The molecule has 1 amide bonds. The molecule has 0 rings (SSSR count). The third kappa shape index (κ3) is 6.45. The second kappa shape index (κ2) is 8.45. The van der Waals surface area contributed by atoms with Crippen molar-refractivity contribution < 1.29 is 23.9 Å². The number of nitrogens with one attached hydrogen (secondary N) is 1. The first-order chi connectivity index (χ1) is 9.16. The number of halogens is 1. The van der Waals surface area contributed by atoms with Crippen molar-refractivity contribution in [2.24, 2.45) is 17.8 Å². The van der Waals surface area contributed by atoms with E-state index in [4.69, 9.17) is 5.11 Å². The molecule has 0 unspecified atom stereocenters. The van der Waals surface area contributed by atoms with E-state index in [0.717, 1.165) is 6.08 Å². The summed E-state index contributed by atoms with van der Waals surface area (Å²) in [7, 11) is 0. The van der Waals surface area contributed by atoms with E-state index < -0.39 is 17.8 Å². The molecule has 0 bridgehead atoms. The maximum absolute atomic E-state index is 13.7. The first kappa shape index (κ1) is 18.3. The van der Waals surface area contributed by atoms with Crippen molar-refractivity contribution in [2.75, 3.05) is 6.54 Å². The van der Waals surface area contributed by atoms with E-state index in [0.29, 0.717) is 0 Å². The highest BCUT2D eigenvalue weighted by Gasteiger charge is 2.30. The molecule has 114 valence electrons. The molecule has 0 aromatic heterocycles. The van der Waals surface area contributed by atoms with Gasteiger partial charge in [0.2, 0.25) is 0 Å². The third-order valence-corrected chi connectivity index (χ3v) is 2.80. The molecule has 2 N–H and O–H groups in total. The van der Waals surface area contributed by atoms with Gasteiger partial charge in [-0.1, -0.05) is 27.7 Å². The van der Waals surface area contributed by atoms with Crippen LogP contribution in [0.15, 0.2) is 11.9 Å². The zero-order valence-electron chi connectivity index (χ0n) is 12.3. The van der Waals surface area contributed by atoms with E-state index in [1.165, 1.54) is 0 Å². The molecule has 0 spiro atoms. The van der Waals surface area contributed by atoms with Crippen LogP contribution in [0, 0.1) is 17.8 Å². The summed E-state index contributed by atoms with van der Waals surface area (Å²) in [4.78, 5) is 34.2. The Morgan fingerprint density at radius 2 is 1.55 bits per heavy atom. The van der Waals surface area contributed by atoms with Crippen LogP contribution in [0.2, 0.25) is 0 Å². The molecule has 0 saturated heterocycles. The molecule has 0 atom stereocenters. The van der Waals surface area contributed by atoms with Gasteiger partial charge in [0.05, 0.1) is 11.7 Å². The third-order valence-electron chi connectivity index (χ3n) is 2.80. The van der Waals surface area contributed by atoms with Gasteiger partial charge in [-0.25, -0.2) is 9.18 Å². The molecule has 0 aromatic carbocycles. The van der Waals surface area contributed by atoms with Gasteiger partial charge in [0.25, 0.3) is 0 Å². The largest absolute Gasteiger partial charge is 0.465 e. The predicted molar refractivity (Wildman–Crippen MR) is 73.0 cm³/mol. The smallest absolute Gasteiger partial charge is 0.404 e. The van der Waals surface area contributed by atoms with Crippen molar-refractivity contribution in [3.05, 3.63) is 11.9 Å². The number of rotatable bonds is 8. The van der Waals surface area contributed by atoms with Gasteiger partial charge in [-0.05, 0) is 6.08 Å². The number of ketones is 2. The van der Waals surface area contributed by atoms with Crippen LogP contribution in [0.25, 0.3) is 0 Å². The zero-order chi connectivity index (χ0) is 15.9. The molecule has 0 aliphatic heterocycles. The Labute approximate surface area is 118 Å². The molecule has 0 radical (unpaired) electrons. The SMILES string of the molecule is CC(C)C(=O)C(CC(F)=CCNC(=O)O)C(=O)C(C)C. The van der Waals surface area contributed by atoms with Crippen LogP contribution < -0.4 is 5.32 Å². The molecular formula is C14H22FNO4. The van der Waals surface area contributed by atoms with Crippen molar-refractivity contribution in [3.63, 3.8) is 0 Å². The number of allylic oxidation sites excluding steroid dienone is 1. The number of carbonyl (C=O) groups excluding carboxylic acids is 2. The number of carbonyl (C=O) groups is 3. The number of Topliss-reactive ketones (excluding diaryl/α,β-unsaturated/α-hetero) is 2. The van der Waals surface area contributed by atoms with Gasteiger partial charge < -0.3 is 10.4 Å². The van der Waals surface area contributed by atoms with E-state index in [-0.39, 0.29) is 36.4 Å². The fourth-order valence-electron chi connectivity index (χ4n) is 1.67. The number of amides is 1. The van der Waals surface area contributed by atoms with Crippen molar-refractivity contribution in [3.8, 4) is 0 Å². The Morgan fingerprint density at radius 1 is 1.10 bits per heavy atom. The van der Waals surface area contributed by atoms with Crippen LogP contribution in [0.4, 0.5) is 9.18 Å². The van der Waals surface area contributed by atoms with E-state index in [2.05, 4.69) is 0 Å². The quantitative estimate of drug-likeness (QED) is 0.672. The lowest BCUT2D eigenvalue weighted by atomic mass is 9.84. The average molecular weight is 287 g/mol. The topological polar surface area (TPSA) is 83.5 Å². The summed E-state index contributed by atoms with van der Waals surface area (Å²) in [5, 5.41) is 10.3. The minimum Gasteiger partial charge on any atom is -0.465 e. The summed E-state index contributed by atoms with van der Waals surface area (Å²) in [6, 6.07) is 0. The Hall–Kier alpha value is -1.72. The van der Waals surface area contributed by atoms with Crippen molar-refractivity contribution in [2.45, 2.75) is 34.1 Å². The van der Waals surface area contributed by atoms with Gasteiger partial charge in [0, 0.05) is 24.8 Å². The second-order valence-corrected chi connectivity index (χ2v) is 5.21. The summed E-state index contributed by atoms with van der Waals surface area (Å²) in [5.74, 6) is -2.96. The standard InChI is InChI=1S/C14H22FNO4/c1-8(2)12(17)11(13(18)9(3)4)7-10(15)5-6-16-14(19)20/h5,8-9,11,16H,6-7H2,1-4H3,(H,19,20). The van der Waals surface area contributed by atoms with Gasteiger partial charge in [0.15, 0.2) is 0 Å². The van der Waals surface area contributed by atoms with Crippen LogP contribution in [0.5, 0.6) is 0 Å². The fraction of sp³-hybridized carbons (Fsp3) is 0.643. The van der Waals surface area contributed by atoms with E-state index >= 15 is 0 Å². The van der Waals surface area contributed by atoms with Crippen molar-refractivity contribution in [1.82, 2.24) is 5.32 Å². The fourth-order valence-corrected chi connectivity index (χ4v) is 1.67. The molecule has 0 aromatic rings. The lowest BCUT2D eigenvalue weighted by molar-refractivity contribution is -0.136. The van der Waals surface area contributed by atoms with Gasteiger partial charge in [-0.3, -0.25) is 9.59 Å². The number of hydrogen-bond acceptors (Lipinski definition) is 3. The van der Waals surface area contributed by atoms with E-state index in [1.807, 2.05) is 5.32 Å². The van der Waals surface area contributed by atoms with Gasteiger partial charge >= 0.3 is 6.09 Å². The minimum absolute atomic E-state index is 0.195. The summed E-state index contributed by atoms with van der Waals surface area (Å²) >= 11 is 0. The Bertz CT molecular complexity index is 382. The number of hydrogen-bond donors (Lipinski definition) is 2. The molecule has 0 aliphatic rings. The first-order valence-electron chi connectivity index (χ1n) is 6.55. The highest BCUT2D eigenvalue weighted by atomic mass is 19.1. The Kier molecular flexibility index (Phi) is 7.72. The second-order valence-electron chi connectivity index (χ2n) is 5.21. The molecule has 0 heterocycles. The molecule has 6 heteroatoms. The minimum atomic E-state index is -1.26. The van der Waals surface area contributed by atoms with Crippen LogP contribution in [-0.4, -0.2) is 29.3 Å². The summed E-state index contributed by atoms with van der Waals surface area (Å²) in [6.45, 7) is 6.46. The molecule has 20 heavy (non-hydrogen) atoms. The van der Waals surface area contributed by atoms with Crippen LogP contribution in [-0.2, 0) is 9.59 Å². The summed E-state index contributed by atoms with van der Waals surface area (Å²) < 4.78 is 13.7. The van der Waals surface area contributed by atoms with Crippen LogP contribution in [0.3, 0.4) is 0 Å². The molecular weight excluding hydrogens is 265 g/mol. The van der Waals surface area contributed by atoms with E-state index in [9.17, 15) is 18.8 Å². The Balaban J connectivity index is 4.85. The molecule has 0 aliphatic carbocycles. The highest BCUT2D eigenvalue weighted by Crippen LogP contribution is 2.21. The predicted octanol–water partition coefficient (Wildman–Crippen LogP) is 2.56. The first-order valence-corrected chi connectivity index (χ1v) is 6.55. The monoisotopic (exact) mass is 287 g/mol. The van der Waals surface area contributed by atoms with Crippen LogP contribution in [0.1, 0.15) is 34.1 Å². The molecule has 0 saturated carbocycles. The lowest BCUT2D eigenvalue weighted by Crippen LogP contribution is -2.31. The normalized spacial score (nSPS) is 12.1. The average Bonchev–Trinajstić information content (AvgIpc) is 2.33. The summed E-state index contributed by atoms with van der Waals surface area (Å²) in [5.41, 5.74) is 0. The van der Waals surface area contributed by atoms with Crippen LogP contribution >= 0.6 is 0 Å². The van der Waals surface area contributed by atoms with Gasteiger partial charge in [0.1, 0.15) is 11.6 Å². The van der Waals surface area contributed by atoms with Gasteiger partial charge in [-0.2, -0.15) is 0 Å². The maximum atomic E-state index is 13.7. The van der Waals surface area contributed by atoms with Crippen molar-refractivity contribution >= 4 is 17.7 Å². The maximum Gasteiger partial charge on any atom is 0.404 e. The molecule has 5 nitrogen and oxygen atoms in total. The zero-order valence-corrected chi connectivity index (χ0v) is 12.3. The summed E-state index contributed by atoms with van der Waals surface area (Å²) in [6.07, 6.45) is -0.542. The molecule has 0 fully saturated rings. The Morgan fingerprint density at radius 3 is 1.90 bits per heavy atom. The van der Waals surface area contributed by atoms with E-state index in [1.54, 1.807) is 27.7 Å². The lowest BCUT2D eigenvalue weighted by Gasteiger charge is -2.18. The van der Waals surface area contributed by atoms with Crippen molar-refractivity contribution in [1.29, 1.82) is 0 Å². The van der Waals surface area contributed by atoms with Gasteiger partial charge in [-0.15, -0.1) is 0 Å². The highest BCUT2D eigenvalue weighted by molar-refractivity contribution is 6.04.